The van der Waals surface area contributed by atoms with Gasteiger partial charge in [0.15, 0.2) is 5.69 Å². The molecule has 0 spiro atoms. The predicted molar refractivity (Wildman–Crippen MR) is 110 cm³/mol. The monoisotopic (exact) mass is 473 g/mol. The van der Waals surface area contributed by atoms with E-state index in [1.165, 1.54) is 12.3 Å². The molecule has 1 unspecified atom stereocenters. The highest BCUT2D eigenvalue weighted by atomic mass is 35.5. The number of aromatic nitrogens is 2. The first-order valence-corrected chi connectivity index (χ1v) is 10.2. The van der Waals surface area contributed by atoms with Crippen LogP contribution < -0.4 is 10.9 Å². The molecule has 0 radical (unpaired) electrons. The van der Waals surface area contributed by atoms with Crippen molar-refractivity contribution in [3.63, 3.8) is 0 Å². The lowest BCUT2D eigenvalue weighted by atomic mass is 10.2. The maximum Gasteiger partial charge on any atom is 0.416 e. The molecule has 7 nitrogen and oxygen atoms in total. The molecule has 0 aliphatic rings. The number of alkyl halides is 4. The number of rotatable bonds is 5. The average Bonchev–Trinajstić information content (AvgIpc) is 3.12. The van der Waals surface area contributed by atoms with Gasteiger partial charge in [0.25, 0.3) is 5.56 Å². The predicted octanol–water partition coefficient (Wildman–Crippen LogP) is 4.21. The molecule has 2 heterocycles. The highest BCUT2D eigenvalue weighted by molar-refractivity contribution is 7.16. The zero-order valence-corrected chi connectivity index (χ0v) is 17.7. The van der Waals surface area contributed by atoms with Crippen LogP contribution in [0.25, 0.3) is 16.5 Å². The van der Waals surface area contributed by atoms with Gasteiger partial charge >= 0.3 is 12.1 Å². The van der Waals surface area contributed by atoms with Gasteiger partial charge < -0.3 is 10.1 Å². The SMILES string of the molecule is CCOC(=O)c1nn(-c2ccc(C(F)(F)F)cc2)c(=O)c2c(NC(=O)C(C)Cl)scc12. The third-order valence-corrected chi connectivity index (χ3v) is 5.25. The summed E-state index contributed by atoms with van der Waals surface area (Å²) in [7, 11) is 0. The zero-order chi connectivity index (χ0) is 22.9. The highest BCUT2D eigenvalue weighted by Crippen LogP contribution is 2.32. The number of nitrogens with one attached hydrogen (secondary N) is 1. The maximum atomic E-state index is 13.1. The Kier molecular flexibility index (Phi) is 6.37. The number of anilines is 1. The third-order valence-electron chi connectivity index (χ3n) is 4.16. The van der Waals surface area contributed by atoms with Crippen molar-refractivity contribution in [2.45, 2.75) is 25.4 Å². The second kappa shape index (κ2) is 8.67. The summed E-state index contributed by atoms with van der Waals surface area (Å²) in [5.41, 5.74) is -1.86. The van der Waals surface area contributed by atoms with Gasteiger partial charge in [0.1, 0.15) is 10.4 Å². The Labute approximate surface area is 182 Å². The fourth-order valence-corrected chi connectivity index (χ4v) is 3.66. The van der Waals surface area contributed by atoms with Gasteiger partial charge in [-0.2, -0.15) is 23.0 Å². The molecule has 3 rings (SSSR count). The Morgan fingerprint density at radius 3 is 2.48 bits per heavy atom. The smallest absolute Gasteiger partial charge is 0.416 e. The summed E-state index contributed by atoms with van der Waals surface area (Å²) >= 11 is 6.75. The van der Waals surface area contributed by atoms with E-state index >= 15 is 0 Å². The summed E-state index contributed by atoms with van der Waals surface area (Å²) in [6.07, 6.45) is -4.56. The lowest BCUT2D eigenvalue weighted by molar-refractivity contribution is -0.137. The summed E-state index contributed by atoms with van der Waals surface area (Å²) in [5.74, 6) is -1.39. The first kappa shape index (κ1) is 22.8. The Hall–Kier alpha value is -2.92. The number of halogens is 4. The lowest BCUT2D eigenvalue weighted by Crippen LogP contribution is -2.26. The fourth-order valence-electron chi connectivity index (χ4n) is 2.67. The minimum atomic E-state index is -4.56. The number of carbonyl (C=O) groups is 2. The summed E-state index contributed by atoms with van der Waals surface area (Å²) in [6, 6.07) is 3.71. The largest absolute Gasteiger partial charge is 0.461 e. The number of hydrogen-bond donors (Lipinski definition) is 1. The van der Waals surface area contributed by atoms with Crippen LogP contribution in [0.4, 0.5) is 18.2 Å². The summed E-state index contributed by atoms with van der Waals surface area (Å²) in [5, 5.41) is 7.36. The minimum Gasteiger partial charge on any atom is -0.461 e. The molecule has 2 aromatic heterocycles. The number of ether oxygens (including phenoxy) is 1. The molecular formula is C19H15ClF3N3O4S. The van der Waals surface area contributed by atoms with Crippen molar-refractivity contribution in [3.8, 4) is 5.69 Å². The molecule has 31 heavy (non-hydrogen) atoms. The van der Waals surface area contributed by atoms with Gasteiger partial charge in [0, 0.05) is 10.8 Å². The van der Waals surface area contributed by atoms with Crippen LogP contribution >= 0.6 is 22.9 Å². The standard InChI is InChI=1S/C19H15ClF3N3O4S/c1-3-30-18(29)14-12-8-31-16(24-15(27)9(2)20)13(12)17(28)26(25-14)11-6-4-10(5-7-11)19(21,22)23/h4-9H,3H2,1-2H3,(H,24,27). The number of esters is 1. The van der Waals surface area contributed by atoms with E-state index in [9.17, 15) is 27.6 Å². The average molecular weight is 474 g/mol. The van der Waals surface area contributed by atoms with Crippen molar-refractivity contribution < 1.29 is 27.5 Å². The first-order chi connectivity index (χ1) is 14.5. The van der Waals surface area contributed by atoms with E-state index in [2.05, 4.69) is 10.4 Å². The van der Waals surface area contributed by atoms with Crippen molar-refractivity contribution >= 4 is 50.6 Å². The second-order valence-corrected chi connectivity index (χ2v) is 7.82. The molecule has 0 fully saturated rings. The van der Waals surface area contributed by atoms with Gasteiger partial charge in [0.2, 0.25) is 5.91 Å². The molecule has 0 aliphatic heterocycles. The third kappa shape index (κ3) is 4.57. The van der Waals surface area contributed by atoms with Crippen molar-refractivity contribution in [1.82, 2.24) is 9.78 Å². The zero-order valence-electron chi connectivity index (χ0n) is 16.1. The molecule has 1 aromatic carbocycles. The molecule has 3 aromatic rings. The number of nitrogens with zero attached hydrogens (tertiary/aromatic N) is 2. The van der Waals surface area contributed by atoms with Crippen LogP contribution in [0.5, 0.6) is 0 Å². The quantitative estimate of drug-likeness (QED) is 0.443. The van der Waals surface area contributed by atoms with Gasteiger partial charge in [-0.05, 0) is 38.1 Å². The number of fused-ring (bicyclic) bond motifs is 1. The number of benzene rings is 1. The minimum absolute atomic E-state index is 0.000337. The topological polar surface area (TPSA) is 90.3 Å². The van der Waals surface area contributed by atoms with Crippen molar-refractivity contribution in [2.75, 3.05) is 11.9 Å². The van der Waals surface area contributed by atoms with Crippen LogP contribution in [-0.2, 0) is 15.7 Å². The van der Waals surface area contributed by atoms with Crippen molar-refractivity contribution in [2.24, 2.45) is 0 Å². The molecular weight excluding hydrogens is 459 g/mol. The van der Waals surface area contributed by atoms with Gasteiger partial charge in [-0.25, -0.2) is 4.79 Å². The van der Waals surface area contributed by atoms with Crippen LogP contribution in [-0.4, -0.2) is 33.6 Å². The summed E-state index contributed by atoms with van der Waals surface area (Å²) in [4.78, 5) is 37.6. The molecule has 0 aliphatic carbocycles. The van der Waals surface area contributed by atoms with Gasteiger partial charge in [-0.15, -0.1) is 22.9 Å². The fraction of sp³-hybridized carbons (Fsp3) is 0.263. The molecule has 0 saturated carbocycles. The second-order valence-electron chi connectivity index (χ2n) is 6.29. The van der Waals surface area contributed by atoms with Crippen LogP contribution in [0.1, 0.15) is 29.9 Å². The van der Waals surface area contributed by atoms with Crippen LogP contribution in [0.3, 0.4) is 0 Å². The van der Waals surface area contributed by atoms with Crippen LogP contribution in [0, 0.1) is 0 Å². The van der Waals surface area contributed by atoms with E-state index in [4.69, 9.17) is 16.3 Å². The number of hydrogen-bond acceptors (Lipinski definition) is 6. The first-order valence-electron chi connectivity index (χ1n) is 8.88. The highest BCUT2D eigenvalue weighted by Gasteiger charge is 2.30. The summed E-state index contributed by atoms with van der Waals surface area (Å²) < 4.78 is 44.4. The van der Waals surface area contributed by atoms with Crippen LogP contribution in [0.2, 0.25) is 0 Å². The Morgan fingerprint density at radius 1 is 1.29 bits per heavy atom. The normalized spacial score (nSPS) is 12.6. The van der Waals surface area contributed by atoms with E-state index in [0.29, 0.717) is 0 Å². The number of amides is 1. The lowest BCUT2D eigenvalue weighted by Gasteiger charge is -2.11. The molecule has 0 bridgehead atoms. The van der Waals surface area contributed by atoms with E-state index in [0.717, 1.165) is 40.3 Å². The van der Waals surface area contributed by atoms with Crippen molar-refractivity contribution in [1.29, 1.82) is 0 Å². The molecule has 1 atom stereocenters. The van der Waals surface area contributed by atoms with Crippen molar-refractivity contribution in [3.05, 3.63) is 51.3 Å². The van der Waals surface area contributed by atoms with E-state index in [-0.39, 0.29) is 33.8 Å². The summed E-state index contributed by atoms with van der Waals surface area (Å²) in [6.45, 7) is 3.07. The van der Waals surface area contributed by atoms with Gasteiger partial charge in [-0.3, -0.25) is 9.59 Å². The van der Waals surface area contributed by atoms with Crippen LogP contribution in [0.15, 0.2) is 34.4 Å². The van der Waals surface area contributed by atoms with E-state index in [1.807, 2.05) is 0 Å². The Morgan fingerprint density at radius 2 is 1.94 bits per heavy atom. The van der Waals surface area contributed by atoms with E-state index in [1.54, 1.807) is 6.92 Å². The van der Waals surface area contributed by atoms with Gasteiger partial charge in [-0.1, -0.05) is 0 Å². The number of thiophene rings is 1. The maximum absolute atomic E-state index is 13.1. The van der Waals surface area contributed by atoms with E-state index < -0.39 is 34.6 Å². The molecule has 0 saturated heterocycles. The Balaban J connectivity index is 2.23. The molecule has 12 heteroatoms. The molecule has 164 valence electrons. The molecule has 1 amide bonds. The van der Waals surface area contributed by atoms with Gasteiger partial charge in [0.05, 0.1) is 23.2 Å². The Bertz CT molecular complexity index is 1200. The number of carbonyl (C=O) groups excluding carboxylic acids is 2. The molecule has 1 N–H and O–H groups in total.